The molecular formula is C38H49N3O12. The van der Waals surface area contributed by atoms with Gasteiger partial charge in [-0.3, -0.25) is 9.59 Å². The molecule has 3 aromatic rings. The van der Waals surface area contributed by atoms with E-state index in [2.05, 4.69) is 5.32 Å². The Labute approximate surface area is 307 Å². The van der Waals surface area contributed by atoms with Crippen molar-refractivity contribution < 1.29 is 53.1 Å². The van der Waals surface area contributed by atoms with E-state index in [4.69, 9.17) is 29.1 Å². The highest BCUT2D eigenvalue weighted by atomic mass is 16.7. The van der Waals surface area contributed by atoms with E-state index < -0.39 is 64.7 Å². The van der Waals surface area contributed by atoms with Gasteiger partial charge in [0.05, 0.1) is 11.0 Å². The van der Waals surface area contributed by atoms with Crippen molar-refractivity contribution in [2.24, 2.45) is 11.1 Å². The predicted octanol–water partition coefficient (Wildman–Crippen LogP) is 4.63. The molecule has 0 unspecified atom stereocenters. The smallest absolute Gasteiger partial charge is 0.404 e. The van der Waals surface area contributed by atoms with Gasteiger partial charge < -0.3 is 54.6 Å². The molecule has 0 aliphatic carbocycles. The quantitative estimate of drug-likeness (QED) is 0.142. The van der Waals surface area contributed by atoms with Crippen LogP contribution in [0.1, 0.15) is 75.5 Å². The normalized spacial score (nSPS) is 19.7. The van der Waals surface area contributed by atoms with E-state index in [1.165, 1.54) is 36.3 Å². The van der Waals surface area contributed by atoms with Gasteiger partial charge in [0.1, 0.15) is 23.2 Å². The van der Waals surface area contributed by atoms with Crippen LogP contribution >= 0.6 is 0 Å². The van der Waals surface area contributed by atoms with Crippen LogP contribution in [0, 0.1) is 12.3 Å². The van der Waals surface area contributed by atoms with Gasteiger partial charge in [0.25, 0.3) is 5.91 Å². The number of primary amides is 1. The zero-order valence-electron chi connectivity index (χ0n) is 31.7. The molecular weight excluding hydrogens is 690 g/mol. The average molecular weight is 740 g/mol. The number of nitrogens with two attached hydrogens (primary N) is 1. The van der Waals surface area contributed by atoms with E-state index in [0.29, 0.717) is 17.5 Å². The SMILES string of the molecule is CO[C@@H]1[C@@H](OC(N)=O)[C@@H](O)[C@H](Oc2ccc3c(O)c(NC(=O)c4cc(CC=C(C)C)c(O)c(CN(C)C(=O)C(C)(C)C)c4)c(=O)oc3c2C)OC1(C)C. The minimum absolute atomic E-state index is 0.00410. The average Bonchev–Trinajstić information content (AvgIpc) is 3.05. The summed E-state index contributed by atoms with van der Waals surface area (Å²) in [5.74, 6) is -1.50. The van der Waals surface area contributed by atoms with Crippen molar-refractivity contribution in [3.05, 3.63) is 68.6 Å². The van der Waals surface area contributed by atoms with Crippen LogP contribution in [0.3, 0.4) is 0 Å². The van der Waals surface area contributed by atoms with E-state index in [1.54, 1.807) is 48.6 Å². The number of hydrogen-bond donors (Lipinski definition) is 5. The van der Waals surface area contributed by atoms with E-state index in [1.807, 2.05) is 19.9 Å². The fraction of sp³-hybridized carbons (Fsp3) is 0.474. The number of ether oxygens (including phenoxy) is 4. The number of rotatable bonds is 10. The molecule has 0 bridgehead atoms. The number of carbonyl (C=O) groups excluding carboxylic acids is 3. The maximum Gasteiger partial charge on any atom is 0.404 e. The standard InChI is InChI=1S/C38H49N3O12/c1-18(2)11-12-20-15-21(16-22(26(20)42)17-41(9)35(47)37(4,5)6)32(45)40-25-27(43)23-13-14-24(19(3)29(23)51-33(25)46)50-34-28(44)30(52-36(39)48)31(49-10)38(7,8)53-34/h11,13-16,28,30-31,34,42-44H,12,17H2,1-10H3,(H2,39,48)(H,40,45)/t28-,30+,31-,34-/m1/s1. The highest BCUT2D eigenvalue weighted by Crippen LogP contribution is 2.39. The number of aryl methyl sites for hydroxylation is 1. The third-order valence-electron chi connectivity index (χ3n) is 8.91. The molecule has 1 fully saturated rings. The van der Waals surface area contributed by atoms with Gasteiger partial charge >= 0.3 is 11.7 Å². The Bertz CT molecular complexity index is 1990. The van der Waals surface area contributed by atoms with Crippen LogP contribution in [-0.4, -0.2) is 82.5 Å². The number of amides is 3. The number of phenols is 1. The lowest BCUT2D eigenvalue weighted by molar-refractivity contribution is -0.304. The number of allylic oxidation sites excluding steroid dienone is 2. The Morgan fingerprint density at radius 3 is 2.32 bits per heavy atom. The molecule has 288 valence electrons. The van der Waals surface area contributed by atoms with E-state index in [0.717, 1.165) is 5.57 Å². The summed E-state index contributed by atoms with van der Waals surface area (Å²) in [5.41, 5.74) is 3.78. The summed E-state index contributed by atoms with van der Waals surface area (Å²) in [4.78, 5) is 52.9. The van der Waals surface area contributed by atoms with Crippen molar-refractivity contribution in [2.75, 3.05) is 19.5 Å². The number of carbonyl (C=O) groups is 3. The van der Waals surface area contributed by atoms with Crippen molar-refractivity contribution in [2.45, 2.75) is 98.6 Å². The zero-order valence-corrected chi connectivity index (χ0v) is 31.7. The molecule has 15 heteroatoms. The highest BCUT2D eigenvalue weighted by molar-refractivity contribution is 6.07. The van der Waals surface area contributed by atoms with Gasteiger partial charge in [-0.05, 0) is 70.9 Å². The Balaban J connectivity index is 1.68. The van der Waals surface area contributed by atoms with Crippen molar-refractivity contribution in [3.8, 4) is 17.2 Å². The van der Waals surface area contributed by atoms with Crippen molar-refractivity contribution in [1.82, 2.24) is 4.90 Å². The number of aliphatic hydroxyl groups is 1. The number of fused-ring (bicyclic) bond motifs is 1. The number of hydrogen-bond acceptors (Lipinski definition) is 12. The van der Waals surface area contributed by atoms with Gasteiger partial charge in [0, 0.05) is 42.8 Å². The van der Waals surface area contributed by atoms with Gasteiger partial charge in [-0.25, -0.2) is 9.59 Å². The summed E-state index contributed by atoms with van der Waals surface area (Å²) >= 11 is 0. The molecule has 0 saturated carbocycles. The summed E-state index contributed by atoms with van der Waals surface area (Å²) in [6.07, 6.45) is -4.06. The minimum Gasteiger partial charge on any atom is -0.507 e. The van der Waals surface area contributed by atoms with E-state index in [9.17, 15) is 34.5 Å². The van der Waals surface area contributed by atoms with E-state index >= 15 is 0 Å². The van der Waals surface area contributed by atoms with Crippen molar-refractivity contribution >= 4 is 34.6 Å². The number of aromatic hydroxyl groups is 2. The van der Waals surface area contributed by atoms with Crippen molar-refractivity contribution in [1.29, 1.82) is 0 Å². The monoisotopic (exact) mass is 739 g/mol. The molecule has 0 radical (unpaired) electrons. The van der Waals surface area contributed by atoms with Gasteiger partial charge in [-0.1, -0.05) is 32.4 Å². The Morgan fingerprint density at radius 1 is 1.09 bits per heavy atom. The topological polar surface area (TPSA) is 220 Å². The highest BCUT2D eigenvalue weighted by Gasteiger charge is 2.53. The molecule has 2 aromatic carbocycles. The third kappa shape index (κ3) is 8.75. The first kappa shape index (κ1) is 40.6. The molecule has 15 nitrogen and oxygen atoms in total. The number of nitrogens with zero attached hydrogens (tertiary/aromatic N) is 1. The first-order chi connectivity index (χ1) is 24.6. The molecule has 6 N–H and O–H groups in total. The van der Waals surface area contributed by atoms with Gasteiger partial charge in [-0.15, -0.1) is 0 Å². The van der Waals surface area contributed by atoms with Gasteiger partial charge in [0.15, 0.2) is 23.6 Å². The second-order valence-corrected chi connectivity index (χ2v) is 14.9. The third-order valence-corrected chi connectivity index (χ3v) is 8.91. The first-order valence-corrected chi connectivity index (χ1v) is 16.9. The molecule has 4 atom stereocenters. The number of phenolic OH excluding ortho intramolecular Hbond substituents is 1. The fourth-order valence-electron chi connectivity index (χ4n) is 6.24. The van der Waals surface area contributed by atoms with Gasteiger partial charge in [0.2, 0.25) is 12.2 Å². The summed E-state index contributed by atoms with van der Waals surface area (Å²) in [5, 5.41) is 35.9. The lowest BCUT2D eigenvalue weighted by atomic mass is 9.89. The van der Waals surface area contributed by atoms with Crippen LogP contribution in [0.4, 0.5) is 10.5 Å². The molecule has 1 aliphatic heterocycles. The fourth-order valence-corrected chi connectivity index (χ4v) is 6.24. The molecule has 1 saturated heterocycles. The molecule has 4 rings (SSSR count). The Hall–Kier alpha value is -5.12. The molecule has 3 amide bonds. The molecule has 1 aliphatic rings. The molecule has 1 aromatic heterocycles. The predicted molar refractivity (Wildman–Crippen MR) is 195 cm³/mol. The number of nitrogens with one attached hydrogen (secondary N) is 1. The van der Waals surface area contributed by atoms with Crippen LogP contribution in [0.5, 0.6) is 17.2 Å². The maximum absolute atomic E-state index is 13.7. The first-order valence-electron chi connectivity index (χ1n) is 16.9. The van der Waals surface area contributed by atoms with Crippen LogP contribution < -0.4 is 21.4 Å². The maximum atomic E-state index is 13.7. The Kier molecular flexibility index (Phi) is 11.9. The lowest BCUT2D eigenvalue weighted by Crippen LogP contribution is -2.65. The van der Waals surface area contributed by atoms with Crippen molar-refractivity contribution in [3.63, 3.8) is 0 Å². The Morgan fingerprint density at radius 2 is 1.74 bits per heavy atom. The van der Waals surface area contributed by atoms with Crippen LogP contribution in [0.2, 0.25) is 0 Å². The number of anilines is 1. The minimum atomic E-state index is -1.55. The van der Waals surface area contributed by atoms with Crippen LogP contribution in [-0.2, 0) is 32.0 Å². The van der Waals surface area contributed by atoms with Crippen LogP contribution in [0.15, 0.2) is 45.1 Å². The molecule has 2 heterocycles. The number of aliphatic hydroxyl groups excluding tert-OH is 1. The molecule has 0 spiro atoms. The van der Waals surface area contributed by atoms with Crippen LogP contribution in [0.25, 0.3) is 11.0 Å². The molecule has 53 heavy (non-hydrogen) atoms. The van der Waals surface area contributed by atoms with Gasteiger partial charge in [-0.2, -0.15) is 0 Å². The number of methoxy groups -OCH3 is 1. The zero-order chi connectivity index (χ0) is 39.7. The number of benzene rings is 2. The summed E-state index contributed by atoms with van der Waals surface area (Å²) in [7, 11) is 2.96. The second kappa shape index (κ2) is 15.5. The van der Waals surface area contributed by atoms with E-state index in [-0.39, 0.29) is 46.0 Å². The largest absolute Gasteiger partial charge is 0.507 e. The second-order valence-electron chi connectivity index (χ2n) is 14.9. The summed E-state index contributed by atoms with van der Waals surface area (Å²) in [6, 6.07) is 5.73. The summed E-state index contributed by atoms with van der Waals surface area (Å²) < 4.78 is 28.1. The summed E-state index contributed by atoms with van der Waals surface area (Å²) in [6.45, 7) is 14.0. The lowest BCUT2D eigenvalue weighted by Gasteiger charge is -2.47.